The van der Waals surface area contributed by atoms with Crippen molar-refractivity contribution in [2.45, 2.75) is 51.9 Å². The fraction of sp³-hybridized carbons (Fsp3) is 0.400. The number of benzene rings is 2. The van der Waals surface area contributed by atoms with Gasteiger partial charge in [0.25, 0.3) is 0 Å². The molecule has 0 saturated heterocycles. The molecule has 0 bridgehead atoms. The number of hydrogen-bond donors (Lipinski definition) is 2. The topological polar surface area (TPSA) is 40.5 Å². The Hall–Kier alpha value is -1.96. The van der Waals surface area contributed by atoms with Crippen LogP contribution in [-0.4, -0.2) is 10.2 Å². The molecule has 0 aliphatic heterocycles. The van der Waals surface area contributed by atoms with E-state index in [1.54, 1.807) is 12.1 Å². The highest BCUT2D eigenvalue weighted by molar-refractivity contribution is 5.38. The van der Waals surface area contributed by atoms with E-state index in [2.05, 4.69) is 12.1 Å². The molecule has 0 amide bonds. The number of phenolic OH excluding ortho intramolecular Hbond substituents is 2. The van der Waals surface area contributed by atoms with Crippen molar-refractivity contribution >= 4 is 0 Å². The normalized spacial score (nSPS) is 15.0. The first kappa shape index (κ1) is 16.4. The standard InChI is InChI=1S/C13H18O.C7H8O/c1-10-7-8-12(13(14)9-10)11-5-3-2-4-6-11;1-6-3-2-4-7(8)5-6/h7-9,11,14H,2-6H2,1H3;2-5,8H,1H3. The minimum absolute atomic E-state index is 0.338. The summed E-state index contributed by atoms with van der Waals surface area (Å²) in [5.74, 6) is 1.44. The molecule has 0 spiro atoms. The lowest BCUT2D eigenvalue weighted by Crippen LogP contribution is -2.04. The summed E-state index contributed by atoms with van der Waals surface area (Å²) < 4.78 is 0. The van der Waals surface area contributed by atoms with Gasteiger partial charge in [0, 0.05) is 0 Å². The first-order chi connectivity index (χ1) is 10.6. The fourth-order valence-electron chi connectivity index (χ4n) is 3.04. The summed E-state index contributed by atoms with van der Waals surface area (Å²) in [6, 6.07) is 13.2. The smallest absolute Gasteiger partial charge is 0.119 e. The lowest BCUT2D eigenvalue weighted by atomic mass is 9.83. The Morgan fingerprint density at radius 1 is 0.818 bits per heavy atom. The van der Waals surface area contributed by atoms with Crippen LogP contribution in [0.25, 0.3) is 0 Å². The molecule has 1 aliphatic carbocycles. The number of rotatable bonds is 1. The summed E-state index contributed by atoms with van der Waals surface area (Å²) in [5.41, 5.74) is 3.39. The number of phenols is 2. The van der Waals surface area contributed by atoms with E-state index in [4.69, 9.17) is 5.11 Å². The second-order valence-electron chi connectivity index (χ2n) is 6.24. The summed E-state index contributed by atoms with van der Waals surface area (Å²) in [4.78, 5) is 0. The minimum atomic E-state index is 0.338. The van der Waals surface area contributed by atoms with Crippen molar-refractivity contribution in [1.29, 1.82) is 0 Å². The fourth-order valence-corrected chi connectivity index (χ4v) is 3.04. The van der Waals surface area contributed by atoms with Gasteiger partial charge in [0.15, 0.2) is 0 Å². The van der Waals surface area contributed by atoms with Crippen LogP contribution in [0.3, 0.4) is 0 Å². The first-order valence-corrected chi connectivity index (χ1v) is 8.11. The third-order valence-electron chi connectivity index (χ3n) is 4.23. The van der Waals surface area contributed by atoms with Crippen LogP contribution in [-0.2, 0) is 0 Å². The first-order valence-electron chi connectivity index (χ1n) is 8.11. The van der Waals surface area contributed by atoms with Crippen molar-refractivity contribution < 1.29 is 10.2 Å². The lowest BCUT2D eigenvalue weighted by molar-refractivity contribution is 0.414. The quantitative estimate of drug-likeness (QED) is 0.735. The highest BCUT2D eigenvalue weighted by Crippen LogP contribution is 2.37. The molecule has 22 heavy (non-hydrogen) atoms. The third kappa shape index (κ3) is 4.80. The monoisotopic (exact) mass is 298 g/mol. The van der Waals surface area contributed by atoms with Crippen LogP contribution in [0, 0.1) is 13.8 Å². The molecule has 118 valence electrons. The molecular weight excluding hydrogens is 272 g/mol. The van der Waals surface area contributed by atoms with Gasteiger partial charge in [0.2, 0.25) is 0 Å². The Morgan fingerprint density at radius 3 is 2.05 bits per heavy atom. The molecule has 2 aromatic carbocycles. The summed E-state index contributed by atoms with van der Waals surface area (Å²) in [6.07, 6.45) is 6.49. The zero-order chi connectivity index (χ0) is 15.9. The summed E-state index contributed by atoms with van der Waals surface area (Å²) >= 11 is 0. The molecular formula is C20H26O2. The van der Waals surface area contributed by atoms with Gasteiger partial charge in [-0.05, 0) is 67.5 Å². The van der Waals surface area contributed by atoms with Crippen molar-refractivity contribution in [3.05, 3.63) is 59.2 Å². The van der Waals surface area contributed by atoms with Gasteiger partial charge >= 0.3 is 0 Å². The van der Waals surface area contributed by atoms with E-state index in [1.165, 1.54) is 32.1 Å². The van der Waals surface area contributed by atoms with Crippen LogP contribution < -0.4 is 0 Å². The summed E-state index contributed by atoms with van der Waals surface area (Å²) in [5, 5.41) is 18.7. The molecule has 2 aromatic rings. The largest absolute Gasteiger partial charge is 0.508 e. The number of aryl methyl sites for hydroxylation is 2. The van der Waals surface area contributed by atoms with Crippen LogP contribution in [0.1, 0.15) is 54.7 Å². The van der Waals surface area contributed by atoms with Crippen molar-refractivity contribution in [1.82, 2.24) is 0 Å². The predicted molar refractivity (Wildman–Crippen MR) is 91.5 cm³/mol. The molecule has 1 saturated carbocycles. The molecule has 0 heterocycles. The van der Waals surface area contributed by atoms with Gasteiger partial charge in [-0.15, -0.1) is 0 Å². The zero-order valence-corrected chi connectivity index (χ0v) is 13.5. The minimum Gasteiger partial charge on any atom is -0.508 e. The van der Waals surface area contributed by atoms with E-state index in [0.717, 1.165) is 16.7 Å². The predicted octanol–water partition coefficient (Wildman–Crippen LogP) is 5.45. The van der Waals surface area contributed by atoms with E-state index in [0.29, 0.717) is 17.4 Å². The average molecular weight is 298 g/mol. The van der Waals surface area contributed by atoms with E-state index >= 15 is 0 Å². The molecule has 3 rings (SSSR count). The summed E-state index contributed by atoms with van der Waals surface area (Å²) in [7, 11) is 0. The SMILES string of the molecule is Cc1ccc(C2CCCCC2)c(O)c1.Cc1cccc(O)c1. The molecule has 2 heteroatoms. The Kier molecular flexibility index (Phi) is 5.88. The van der Waals surface area contributed by atoms with E-state index < -0.39 is 0 Å². The molecule has 0 atom stereocenters. The Labute approximate surface area is 133 Å². The van der Waals surface area contributed by atoms with Crippen molar-refractivity contribution in [2.75, 3.05) is 0 Å². The Bertz CT molecular complexity index is 581. The van der Waals surface area contributed by atoms with Crippen molar-refractivity contribution in [3.63, 3.8) is 0 Å². The molecule has 1 fully saturated rings. The van der Waals surface area contributed by atoms with Crippen molar-refractivity contribution in [3.8, 4) is 11.5 Å². The lowest BCUT2D eigenvalue weighted by Gasteiger charge is -2.22. The van der Waals surface area contributed by atoms with Crippen molar-refractivity contribution in [2.24, 2.45) is 0 Å². The van der Waals surface area contributed by atoms with E-state index in [9.17, 15) is 5.11 Å². The van der Waals surface area contributed by atoms with Gasteiger partial charge < -0.3 is 10.2 Å². The molecule has 0 radical (unpaired) electrons. The maximum atomic E-state index is 9.84. The summed E-state index contributed by atoms with van der Waals surface area (Å²) in [6.45, 7) is 3.96. The van der Waals surface area contributed by atoms with Crippen LogP contribution in [0.2, 0.25) is 0 Å². The highest BCUT2D eigenvalue weighted by atomic mass is 16.3. The Balaban J connectivity index is 0.000000188. The Morgan fingerprint density at radius 2 is 1.50 bits per heavy atom. The van der Waals surface area contributed by atoms with Gasteiger partial charge in [0.1, 0.15) is 11.5 Å². The zero-order valence-electron chi connectivity index (χ0n) is 13.5. The molecule has 2 nitrogen and oxygen atoms in total. The number of aromatic hydroxyl groups is 2. The van der Waals surface area contributed by atoms with Crippen LogP contribution in [0.4, 0.5) is 0 Å². The molecule has 0 aromatic heterocycles. The van der Waals surface area contributed by atoms with Crippen LogP contribution >= 0.6 is 0 Å². The van der Waals surface area contributed by atoms with Crippen LogP contribution in [0.15, 0.2) is 42.5 Å². The molecule has 2 N–H and O–H groups in total. The van der Waals surface area contributed by atoms with Gasteiger partial charge in [-0.25, -0.2) is 0 Å². The van der Waals surface area contributed by atoms with Gasteiger partial charge in [0.05, 0.1) is 0 Å². The molecule has 0 unspecified atom stereocenters. The maximum absolute atomic E-state index is 9.84. The van der Waals surface area contributed by atoms with Gasteiger partial charge in [-0.1, -0.05) is 43.5 Å². The average Bonchev–Trinajstić information content (AvgIpc) is 2.48. The maximum Gasteiger partial charge on any atom is 0.119 e. The van der Waals surface area contributed by atoms with Gasteiger partial charge in [-0.2, -0.15) is 0 Å². The highest BCUT2D eigenvalue weighted by Gasteiger charge is 2.17. The van der Waals surface area contributed by atoms with Gasteiger partial charge in [-0.3, -0.25) is 0 Å². The molecule has 1 aliphatic rings. The second kappa shape index (κ2) is 7.88. The second-order valence-corrected chi connectivity index (χ2v) is 6.24. The van der Waals surface area contributed by atoms with Crippen LogP contribution in [0.5, 0.6) is 11.5 Å². The number of hydrogen-bond acceptors (Lipinski definition) is 2. The van der Waals surface area contributed by atoms with E-state index in [-0.39, 0.29) is 0 Å². The third-order valence-corrected chi connectivity index (χ3v) is 4.23. The van der Waals surface area contributed by atoms with E-state index in [1.807, 2.05) is 32.0 Å².